The lowest BCUT2D eigenvalue weighted by molar-refractivity contribution is -0.140. The van der Waals surface area contributed by atoms with Gasteiger partial charge in [-0.05, 0) is 51.9 Å². The van der Waals surface area contributed by atoms with Crippen LogP contribution in [0.1, 0.15) is 25.7 Å². The van der Waals surface area contributed by atoms with Crippen molar-refractivity contribution in [3.05, 3.63) is 0 Å². The molecule has 1 fully saturated rings. The fourth-order valence-electron chi connectivity index (χ4n) is 2.19. The van der Waals surface area contributed by atoms with Crippen LogP contribution in [0.25, 0.3) is 0 Å². The van der Waals surface area contributed by atoms with Crippen molar-refractivity contribution in [3.8, 4) is 0 Å². The van der Waals surface area contributed by atoms with Gasteiger partial charge in [0.2, 0.25) is 0 Å². The molecule has 0 aromatic carbocycles. The fraction of sp³-hybridized carbons (Fsp3) is 0.917. The molecule has 1 aliphatic rings. The summed E-state index contributed by atoms with van der Waals surface area (Å²) in [6.07, 6.45) is 3.99. The van der Waals surface area contributed by atoms with Gasteiger partial charge in [0.15, 0.2) is 0 Å². The quantitative estimate of drug-likeness (QED) is 0.685. The third-order valence-electron chi connectivity index (χ3n) is 3.18. The topological polar surface area (TPSA) is 41.6 Å². The average Bonchev–Trinajstić information content (AvgIpc) is 2.30. The van der Waals surface area contributed by atoms with Crippen molar-refractivity contribution in [2.45, 2.75) is 25.7 Å². The summed E-state index contributed by atoms with van der Waals surface area (Å²) >= 11 is 0. The van der Waals surface area contributed by atoms with Crippen molar-refractivity contribution < 1.29 is 9.53 Å². The highest BCUT2D eigenvalue weighted by Crippen LogP contribution is 2.12. The van der Waals surface area contributed by atoms with Crippen LogP contribution < -0.4 is 5.32 Å². The summed E-state index contributed by atoms with van der Waals surface area (Å²) in [5, 5.41) is 3.37. The molecular formula is C12H24N2O2. The lowest BCUT2D eigenvalue weighted by Crippen LogP contribution is -2.35. The Labute approximate surface area is 98.3 Å². The largest absolute Gasteiger partial charge is 0.469 e. The maximum Gasteiger partial charge on any atom is 0.305 e. The van der Waals surface area contributed by atoms with Gasteiger partial charge in [-0.2, -0.15) is 0 Å². The molecule has 1 saturated heterocycles. The van der Waals surface area contributed by atoms with Crippen LogP contribution in [0.5, 0.6) is 0 Å². The first-order valence-corrected chi connectivity index (χ1v) is 6.18. The molecule has 0 amide bonds. The zero-order valence-electron chi connectivity index (χ0n) is 10.5. The maximum absolute atomic E-state index is 10.9. The van der Waals surface area contributed by atoms with E-state index in [4.69, 9.17) is 0 Å². The van der Waals surface area contributed by atoms with Crippen LogP contribution in [-0.2, 0) is 9.53 Å². The van der Waals surface area contributed by atoms with E-state index in [0.717, 1.165) is 38.5 Å². The smallest absolute Gasteiger partial charge is 0.305 e. The number of methoxy groups -OCH3 is 1. The molecule has 0 spiro atoms. The lowest BCUT2D eigenvalue weighted by Gasteiger charge is -2.27. The molecule has 4 heteroatoms. The number of nitrogens with one attached hydrogen (secondary N) is 1. The monoisotopic (exact) mass is 228 g/mol. The van der Waals surface area contributed by atoms with E-state index in [9.17, 15) is 4.79 Å². The molecule has 0 aliphatic carbocycles. The van der Waals surface area contributed by atoms with E-state index < -0.39 is 0 Å². The summed E-state index contributed by atoms with van der Waals surface area (Å²) in [6.45, 7) is 4.45. The Kier molecular flexibility index (Phi) is 6.42. The number of ether oxygens (including phenoxy) is 1. The van der Waals surface area contributed by atoms with Crippen LogP contribution in [0.4, 0.5) is 0 Å². The average molecular weight is 228 g/mol. The number of carbonyl (C=O) groups is 1. The predicted octanol–water partition coefficient (Wildman–Crippen LogP) is 0.871. The van der Waals surface area contributed by atoms with Gasteiger partial charge in [-0.15, -0.1) is 0 Å². The first-order valence-electron chi connectivity index (χ1n) is 6.18. The standard InChI is InChI=1S/C12H24N2O2/c1-14(9-3-4-12(15)16-2)10-11-5-7-13-8-6-11/h11,13H,3-10H2,1-2H3. The van der Waals surface area contributed by atoms with E-state index in [1.165, 1.54) is 20.0 Å². The number of carbonyl (C=O) groups excluding carboxylic acids is 1. The molecule has 0 bridgehead atoms. The van der Waals surface area contributed by atoms with E-state index in [1.54, 1.807) is 0 Å². The molecule has 1 N–H and O–H groups in total. The Morgan fingerprint density at radius 2 is 2.12 bits per heavy atom. The van der Waals surface area contributed by atoms with Crippen LogP contribution in [0.3, 0.4) is 0 Å². The second kappa shape index (κ2) is 7.63. The number of hydrogen-bond donors (Lipinski definition) is 1. The van der Waals surface area contributed by atoms with Gasteiger partial charge in [0.1, 0.15) is 0 Å². The van der Waals surface area contributed by atoms with Crippen molar-refractivity contribution in [2.24, 2.45) is 5.92 Å². The first kappa shape index (κ1) is 13.5. The number of esters is 1. The molecule has 0 saturated carbocycles. The summed E-state index contributed by atoms with van der Waals surface area (Å²) in [5.74, 6) is 0.722. The predicted molar refractivity (Wildman–Crippen MR) is 64.3 cm³/mol. The van der Waals surface area contributed by atoms with Gasteiger partial charge >= 0.3 is 5.97 Å². The highest BCUT2D eigenvalue weighted by Gasteiger charge is 2.14. The van der Waals surface area contributed by atoms with Gasteiger partial charge in [0.05, 0.1) is 7.11 Å². The van der Waals surface area contributed by atoms with Gasteiger partial charge in [-0.1, -0.05) is 0 Å². The van der Waals surface area contributed by atoms with Gasteiger partial charge in [-0.3, -0.25) is 4.79 Å². The third-order valence-corrected chi connectivity index (χ3v) is 3.18. The minimum absolute atomic E-state index is 0.102. The van der Waals surface area contributed by atoms with E-state index in [2.05, 4.69) is 22.0 Å². The number of piperidine rings is 1. The van der Waals surface area contributed by atoms with Crippen LogP contribution in [0.2, 0.25) is 0 Å². The highest BCUT2D eigenvalue weighted by atomic mass is 16.5. The number of nitrogens with zero attached hydrogens (tertiary/aromatic N) is 1. The molecule has 16 heavy (non-hydrogen) atoms. The minimum Gasteiger partial charge on any atom is -0.469 e. The summed E-state index contributed by atoms with van der Waals surface area (Å²) in [4.78, 5) is 13.3. The molecule has 1 heterocycles. The molecule has 94 valence electrons. The Balaban J connectivity index is 2.05. The highest BCUT2D eigenvalue weighted by molar-refractivity contribution is 5.69. The zero-order valence-corrected chi connectivity index (χ0v) is 10.5. The SMILES string of the molecule is COC(=O)CCCN(C)CC1CCNCC1. The van der Waals surface area contributed by atoms with Crippen molar-refractivity contribution >= 4 is 5.97 Å². The summed E-state index contributed by atoms with van der Waals surface area (Å²) in [6, 6.07) is 0. The van der Waals surface area contributed by atoms with Crippen molar-refractivity contribution in [3.63, 3.8) is 0 Å². The van der Waals surface area contributed by atoms with Crippen LogP contribution >= 0.6 is 0 Å². The van der Waals surface area contributed by atoms with Crippen molar-refractivity contribution in [1.29, 1.82) is 0 Å². The summed E-state index contributed by atoms with van der Waals surface area (Å²) in [7, 11) is 3.58. The second-order valence-electron chi connectivity index (χ2n) is 4.64. The van der Waals surface area contributed by atoms with E-state index in [1.807, 2.05) is 0 Å². The van der Waals surface area contributed by atoms with Crippen molar-refractivity contribution in [2.75, 3.05) is 40.3 Å². The van der Waals surface area contributed by atoms with E-state index >= 15 is 0 Å². The maximum atomic E-state index is 10.9. The Bertz CT molecular complexity index is 203. The third kappa shape index (κ3) is 5.47. The van der Waals surface area contributed by atoms with Crippen LogP contribution in [-0.4, -0.2) is 51.2 Å². The molecule has 0 aromatic heterocycles. The molecule has 0 aromatic rings. The number of hydrogen-bond acceptors (Lipinski definition) is 4. The minimum atomic E-state index is -0.102. The molecule has 4 nitrogen and oxygen atoms in total. The molecule has 0 atom stereocenters. The molecule has 1 aliphatic heterocycles. The summed E-state index contributed by atoms with van der Waals surface area (Å²) < 4.78 is 4.62. The molecular weight excluding hydrogens is 204 g/mol. The van der Waals surface area contributed by atoms with Crippen molar-refractivity contribution in [1.82, 2.24) is 10.2 Å². The van der Waals surface area contributed by atoms with E-state index in [0.29, 0.717) is 6.42 Å². The van der Waals surface area contributed by atoms with Crippen LogP contribution in [0, 0.1) is 5.92 Å². The first-order chi connectivity index (χ1) is 7.72. The Hall–Kier alpha value is -0.610. The van der Waals surface area contributed by atoms with Gasteiger partial charge < -0.3 is 15.0 Å². The van der Waals surface area contributed by atoms with Crippen LogP contribution in [0.15, 0.2) is 0 Å². The van der Waals surface area contributed by atoms with E-state index in [-0.39, 0.29) is 5.97 Å². The van der Waals surface area contributed by atoms with Gasteiger partial charge in [0.25, 0.3) is 0 Å². The van der Waals surface area contributed by atoms with Gasteiger partial charge in [0, 0.05) is 13.0 Å². The Morgan fingerprint density at radius 1 is 1.44 bits per heavy atom. The summed E-state index contributed by atoms with van der Waals surface area (Å²) in [5.41, 5.74) is 0. The lowest BCUT2D eigenvalue weighted by atomic mass is 9.98. The second-order valence-corrected chi connectivity index (χ2v) is 4.64. The normalized spacial score (nSPS) is 17.7. The fourth-order valence-corrected chi connectivity index (χ4v) is 2.19. The van der Waals surface area contributed by atoms with Gasteiger partial charge in [-0.25, -0.2) is 0 Å². The molecule has 0 unspecified atom stereocenters. The number of rotatable bonds is 6. The zero-order chi connectivity index (χ0) is 11.8. The Morgan fingerprint density at radius 3 is 2.75 bits per heavy atom. The molecule has 1 rings (SSSR count). The molecule has 0 radical (unpaired) electrons.